The molecule has 0 aliphatic carbocycles. The van der Waals surface area contributed by atoms with E-state index in [4.69, 9.17) is 10.7 Å². The van der Waals surface area contributed by atoms with Crippen molar-refractivity contribution < 1.29 is 4.20 Å². The Kier molecular flexibility index (Phi) is 3.21. The Morgan fingerprint density at radius 3 is 2.50 bits per heavy atom. The Hall–Kier alpha value is 0.0800. The molecule has 5 heteroatoms. The summed E-state index contributed by atoms with van der Waals surface area (Å²) < 4.78 is 12.0. The average Bonchev–Trinajstić information content (AvgIpc) is 1.59. The lowest BCUT2D eigenvalue weighted by Gasteiger charge is -2.04. The molecule has 0 aromatic carbocycles. The van der Waals surface area contributed by atoms with Crippen molar-refractivity contribution in [3.8, 4) is 0 Å². The van der Waals surface area contributed by atoms with Gasteiger partial charge in [-0.3, -0.25) is 10.7 Å². The molecule has 0 saturated carbocycles. The summed E-state index contributed by atoms with van der Waals surface area (Å²) in [4.78, 5) is 0. The molecule has 50 valence electrons. The van der Waals surface area contributed by atoms with Gasteiger partial charge < -0.3 is 0 Å². The van der Waals surface area contributed by atoms with Gasteiger partial charge in [-0.05, 0) is 6.42 Å². The molecule has 1 atom stereocenters. The quantitative estimate of drug-likeness (QED) is 0.518. The molecular formula is C3H11FN3P. The zero-order chi connectivity index (χ0) is 6.62. The zero-order valence-electron chi connectivity index (χ0n) is 4.82. The van der Waals surface area contributed by atoms with Crippen LogP contribution in [0.3, 0.4) is 0 Å². The number of rotatable bonds is 3. The molecule has 0 rings (SSSR count). The van der Waals surface area contributed by atoms with Crippen LogP contribution in [-0.4, -0.2) is 6.54 Å². The standard InChI is InChI=1S/C3H11FN3P/c1-2-3-7-8(4,5)6/h2-3H2,1H3,(H4,5,6,7). The van der Waals surface area contributed by atoms with Crippen molar-refractivity contribution in [2.24, 2.45) is 5.50 Å². The van der Waals surface area contributed by atoms with Crippen LogP contribution in [0.4, 0.5) is 4.20 Å². The molecule has 4 N–H and O–H groups in total. The summed E-state index contributed by atoms with van der Waals surface area (Å²) in [6, 6.07) is 0. The fourth-order valence-corrected chi connectivity index (χ4v) is 0.824. The van der Waals surface area contributed by atoms with Crippen molar-refractivity contribution in [2.45, 2.75) is 13.3 Å². The van der Waals surface area contributed by atoms with E-state index in [0.29, 0.717) is 6.54 Å². The Balaban J connectivity index is 3.26. The van der Waals surface area contributed by atoms with Gasteiger partial charge in [-0.15, -0.1) is 0 Å². The maximum Gasteiger partial charge on any atom is 0.258 e. The Morgan fingerprint density at radius 1 is 1.88 bits per heavy atom. The van der Waals surface area contributed by atoms with E-state index in [0.717, 1.165) is 6.42 Å². The van der Waals surface area contributed by atoms with Crippen LogP contribution in [0.15, 0.2) is 0 Å². The van der Waals surface area contributed by atoms with Gasteiger partial charge in [0.15, 0.2) is 0 Å². The van der Waals surface area contributed by atoms with Gasteiger partial charge in [-0.2, -0.15) is 4.20 Å². The second-order valence-corrected chi connectivity index (χ2v) is 3.13. The van der Waals surface area contributed by atoms with Gasteiger partial charge in [0, 0.05) is 6.54 Å². The second-order valence-electron chi connectivity index (χ2n) is 1.54. The van der Waals surface area contributed by atoms with Gasteiger partial charge in [0.25, 0.3) is 7.67 Å². The van der Waals surface area contributed by atoms with Crippen LogP contribution in [-0.2, 0) is 0 Å². The van der Waals surface area contributed by atoms with Gasteiger partial charge in [-0.1, -0.05) is 6.92 Å². The molecular weight excluding hydrogens is 128 g/mol. The highest BCUT2D eigenvalue weighted by Gasteiger charge is 2.02. The molecule has 0 aromatic heterocycles. The van der Waals surface area contributed by atoms with E-state index in [1.165, 1.54) is 0 Å². The predicted molar refractivity (Wildman–Crippen MR) is 33.2 cm³/mol. The monoisotopic (exact) mass is 139 g/mol. The molecule has 0 spiro atoms. The van der Waals surface area contributed by atoms with Gasteiger partial charge in [-0.25, -0.2) is 5.09 Å². The minimum absolute atomic E-state index is 0.490. The lowest BCUT2D eigenvalue weighted by molar-refractivity contribution is 0.773. The summed E-state index contributed by atoms with van der Waals surface area (Å²) in [7, 11) is -3.43. The van der Waals surface area contributed by atoms with E-state index in [9.17, 15) is 4.20 Å². The number of halogens is 1. The number of hydrogen-bond donors (Lipinski definition) is 3. The van der Waals surface area contributed by atoms with Crippen LogP contribution < -0.4 is 10.6 Å². The third-order valence-electron chi connectivity index (χ3n) is 0.592. The van der Waals surface area contributed by atoms with Crippen molar-refractivity contribution in [1.29, 1.82) is 5.16 Å². The molecule has 0 amide bonds. The molecule has 0 saturated heterocycles. The highest BCUT2D eigenvalue weighted by Crippen LogP contribution is 2.32. The molecule has 0 radical (unpaired) electrons. The molecule has 0 aliphatic heterocycles. The van der Waals surface area contributed by atoms with Gasteiger partial charge >= 0.3 is 0 Å². The molecule has 0 bridgehead atoms. The zero-order valence-corrected chi connectivity index (χ0v) is 5.71. The van der Waals surface area contributed by atoms with Gasteiger partial charge in [0.05, 0.1) is 0 Å². The van der Waals surface area contributed by atoms with Crippen molar-refractivity contribution in [3.63, 3.8) is 0 Å². The molecule has 0 fully saturated rings. The fraction of sp³-hybridized carbons (Fsp3) is 1.00. The maximum absolute atomic E-state index is 12.0. The summed E-state index contributed by atoms with van der Waals surface area (Å²) in [6.07, 6.45) is 0.807. The largest absolute Gasteiger partial charge is 0.263 e. The van der Waals surface area contributed by atoms with Gasteiger partial charge in [0.2, 0.25) is 0 Å². The van der Waals surface area contributed by atoms with Crippen LogP contribution in [0.2, 0.25) is 0 Å². The van der Waals surface area contributed by atoms with E-state index in [1.54, 1.807) is 0 Å². The lowest BCUT2D eigenvalue weighted by atomic mass is 10.5. The van der Waals surface area contributed by atoms with Crippen LogP contribution >= 0.6 is 7.67 Å². The summed E-state index contributed by atoms with van der Waals surface area (Å²) in [6.45, 7) is 2.38. The van der Waals surface area contributed by atoms with Crippen LogP contribution in [0.5, 0.6) is 0 Å². The first-order chi connectivity index (χ1) is 3.56. The molecule has 8 heavy (non-hydrogen) atoms. The van der Waals surface area contributed by atoms with E-state index >= 15 is 0 Å². The summed E-state index contributed by atoms with van der Waals surface area (Å²) in [5.41, 5.74) is 4.72. The van der Waals surface area contributed by atoms with Crippen molar-refractivity contribution in [1.82, 2.24) is 5.09 Å². The Labute approximate surface area is 48.5 Å². The van der Waals surface area contributed by atoms with E-state index in [1.807, 2.05) is 6.92 Å². The number of nitrogens with two attached hydrogens (primary N) is 1. The molecule has 3 nitrogen and oxygen atoms in total. The van der Waals surface area contributed by atoms with E-state index in [-0.39, 0.29) is 0 Å². The lowest BCUT2D eigenvalue weighted by Crippen LogP contribution is -2.12. The topological polar surface area (TPSA) is 61.9 Å². The number of hydrogen-bond acceptors (Lipinski definition) is 1. The van der Waals surface area contributed by atoms with Crippen LogP contribution in [0.25, 0.3) is 0 Å². The normalized spacial score (nSPS) is 17.9. The smallest absolute Gasteiger partial charge is 0.258 e. The molecule has 0 heterocycles. The Morgan fingerprint density at radius 2 is 2.38 bits per heavy atom. The summed E-state index contributed by atoms with van der Waals surface area (Å²) in [5.74, 6) is 0. The molecule has 0 aromatic rings. The highest BCUT2D eigenvalue weighted by molar-refractivity contribution is 7.55. The molecule has 1 unspecified atom stereocenters. The first-order valence-corrected chi connectivity index (χ1v) is 4.18. The average molecular weight is 139 g/mol. The van der Waals surface area contributed by atoms with E-state index in [2.05, 4.69) is 5.09 Å². The second kappa shape index (κ2) is 3.17. The first kappa shape index (κ1) is 8.08. The maximum atomic E-state index is 12.0. The van der Waals surface area contributed by atoms with Crippen molar-refractivity contribution >= 4 is 7.67 Å². The fourth-order valence-electron chi connectivity index (χ4n) is 0.275. The van der Waals surface area contributed by atoms with Crippen molar-refractivity contribution in [2.75, 3.05) is 6.54 Å². The molecule has 0 aliphatic rings. The highest BCUT2D eigenvalue weighted by atomic mass is 31.2. The van der Waals surface area contributed by atoms with Crippen LogP contribution in [0.1, 0.15) is 13.3 Å². The number of nitrogens with one attached hydrogen (secondary N) is 2. The SMILES string of the molecule is CCCNP(=N)(N)F. The Bertz CT molecular complexity index is 98.7. The summed E-state index contributed by atoms with van der Waals surface area (Å²) >= 11 is 0. The van der Waals surface area contributed by atoms with Crippen molar-refractivity contribution in [3.05, 3.63) is 0 Å². The van der Waals surface area contributed by atoms with Crippen LogP contribution in [0, 0.1) is 5.16 Å². The van der Waals surface area contributed by atoms with E-state index < -0.39 is 7.67 Å². The third-order valence-corrected chi connectivity index (χ3v) is 1.28. The third kappa shape index (κ3) is 6.08. The predicted octanol–water partition coefficient (Wildman–Crippen LogP) is 1.44. The first-order valence-electron chi connectivity index (χ1n) is 2.44. The summed E-state index contributed by atoms with van der Waals surface area (Å²) in [5, 5.41) is 8.81. The minimum atomic E-state index is -3.43. The minimum Gasteiger partial charge on any atom is -0.263 e. The van der Waals surface area contributed by atoms with Gasteiger partial charge in [0.1, 0.15) is 0 Å².